The number of aryl methyl sites for hydroxylation is 2. The fraction of sp³-hybridized carbons (Fsp3) is 0.130. The third-order valence-electron chi connectivity index (χ3n) is 10.1. The van der Waals surface area contributed by atoms with Gasteiger partial charge in [-0.25, -0.2) is 0 Å². The molecule has 0 aliphatic carbocycles. The topological polar surface area (TPSA) is 0 Å². The summed E-state index contributed by atoms with van der Waals surface area (Å²) in [6, 6.07) is 41.3. The fourth-order valence-electron chi connectivity index (χ4n) is 7.64. The number of allylic oxidation sites excluding steroid dienone is 2. The summed E-state index contributed by atoms with van der Waals surface area (Å²) in [5.74, 6) is 0. The van der Waals surface area contributed by atoms with E-state index in [1.54, 1.807) is 0 Å². The van der Waals surface area contributed by atoms with Gasteiger partial charge in [0, 0.05) is 25.9 Å². The van der Waals surface area contributed by atoms with Gasteiger partial charge >= 0.3 is 0 Å². The van der Waals surface area contributed by atoms with Crippen LogP contribution in [0.15, 0.2) is 121 Å². The van der Waals surface area contributed by atoms with Gasteiger partial charge in [-0.05, 0) is 112 Å². The molecule has 240 valence electrons. The van der Waals surface area contributed by atoms with Crippen LogP contribution in [-0.4, -0.2) is 13.3 Å². The molecule has 0 unspecified atom stereocenters. The summed E-state index contributed by atoms with van der Waals surface area (Å²) < 4.78 is 2.73. The number of rotatable bonds is 6. The highest BCUT2D eigenvalue weighted by molar-refractivity contribution is 7.89. The van der Waals surface area contributed by atoms with Crippen molar-refractivity contribution in [3.63, 3.8) is 0 Å². The quantitative estimate of drug-likeness (QED) is 0.121. The Labute approximate surface area is 298 Å². The van der Waals surface area contributed by atoms with Crippen LogP contribution in [0, 0.1) is 13.8 Å². The Morgan fingerprint density at radius 1 is 0.653 bits per heavy atom. The Kier molecular flexibility index (Phi) is 8.16. The number of hydrogen-bond acceptors (Lipinski definition) is 2. The molecule has 0 aliphatic rings. The Balaban J connectivity index is 1.42. The molecule has 0 radical (unpaired) electrons. The summed E-state index contributed by atoms with van der Waals surface area (Å²) in [4.78, 5) is 1.41. The molecule has 8 rings (SSSR count). The van der Waals surface area contributed by atoms with E-state index in [0.29, 0.717) is 0 Å². The lowest BCUT2D eigenvalue weighted by Gasteiger charge is -2.24. The van der Waals surface area contributed by atoms with Crippen LogP contribution in [0.25, 0.3) is 69.9 Å². The molecule has 8 aromatic rings. The zero-order valence-electron chi connectivity index (χ0n) is 29.0. The Bertz CT molecular complexity index is 2620. The minimum atomic E-state index is -1.96. The monoisotopic (exact) mass is 687 g/mol. The van der Waals surface area contributed by atoms with Gasteiger partial charge in [-0.3, -0.25) is 0 Å². The molecule has 49 heavy (non-hydrogen) atoms. The van der Waals surface area contributed by atoms with Crippen molar-refractivity contribution in [2.24, 2.45) is 0 Å². The number of thiophene rings is 2. The van der Waals surface area contributed by atoms with E-state index >= 15 is 0 Å². The molecular formula is C46H40PS2+. The van der Waals surface area contributed by atoms with Crippen molar-refractivity contribution in [1.29, 1.82) is 0 Å². The predicted octanol–water partition coefficient (Wildman–Crippen LogP) is 13.5. The van der Waals surface area contributed by atoms with E-state index in [4.69, 9.17) is 0 Å². The fourth-order valence-corrected chi connectivity index (χ4v) is 13.5. The van der Waals surface area contributed by atoms with Gasteiger partial charge in [0.25, 0.3) is 0 Å². The molecular weight excluding hydrogens is 648 g/mol. The second-order valence-corrected chi connectivity index (χ2v) is 19.5. The van der Waals surface area contributed by atoms with Gasteiger partial charge in [0.05, 0.1) is 25.5 Å². The van der Waals surface area contributed by atoms with Crippen molar-refractivity contribution in [1.82, 2.24) is 0 Å². The van der Waals surface area contributed by atoms with Crippen molar-refractivity contribution in [2.75, 3.05) is 13.3 Å². The lowest BCUT2D eigenvalue weighted by atomic mass is 9.94. The first-order chi connectivity index (χ1) is 23.7. The van der Waals surface area contributed by atoms with Crippen LogP contribution in [0.1, 0.15) is 41.7 Å². The second kappa shape index (κ2) is 12.5. The van der Waals surface area contributed by atoms with Gasteiger partial charge in [-0.2, -0.15) is 0 Å². The standard InChI is InChI=1S/C46H40PS2/c1-7-13-34-24-30(3)36(25-29(34)2)26-31(4)44-38-18-11-9-15-33(38)20-21-41(44)47(5,6)45-40-28-42-35(22-23-48-42)27-43(40)49-46(45)39-19-12-16-32-14-8-10-17-37(32)39/h7-28H,1-6H3/q+1/b13-7-,31-26+. The minimum Gasteiger partial charge on any atom is -0.144 e. The van der Waals surface area contributed by atoms with E-state index in [2.05, 4.69) is 174 Å². The lowest BCUT2D eigenvalue weighted by molar-refractivity contribution is 1.35. The molecule has 0 nitrogen and oxygen atoms in total. The normalized spacial score (nSPS) is 12.7. The maximum absolute atomic E-state index is 2.56. The van der Waals surface area contributed by atoms with Crippen LogP contribution < -0.4 is 10.6 Å². The lowest BCUT2D eigenvalue weighted by Crippen LogP contribution is -2.24. The van der Waals surface area contributed by atoms with Crippen LogP contribution in [0.3, 0.4) is 0 Å². The summed E-state index contributed by atoms with van der Waals surface area (Å²) in [6.07, 6.45) is 6.77. The summed E-state index contributed by atoms with van der Waals surface area (Å²) in [7, 11) is -1.96. The summed E-state index contributed by atoms with van der Waals surface area (Å²) >= 11 is 3.82. The minimum absolute atomic E-state index is 1.29. The van der Waals surface area contributed by atoms with Crippen LogP contribution in [0.4, 0.5) is 0 Å². The van der Waals surface area contributed by atoms with Crippen LogP contribution in [0.5, 0.6) is 0 Å². The molecule has 0 fully saturated rings. The van der Waals surface area contributed by atoms with E-state index in [-0.39, 0.29) is 0 Å². The zero-order valence-corrected chi connectivity index (χ0v) is 31.5. The molecule has 0 aliphatic heterocycles. The van der Waals surface area contributed by atoms with E-state index in [9.17, 15) is 0 Å². The largest absolute Gasteiger partial charge is 0.144 e. The molecule has 2 heterocycles. The zero-order chi connectivity index (χ0) is 33.9. The Morgan fingerprint density at radius 2 is 1.35 bits per heavy atom. The highest BCUT2D eigenvalue weighted by Gasteiger charge is 2.41. The van der Waals surface area contributed by atoms with Crippen molar-refractivity contribution in [3.8, 4) is 10.4 Å². The van der Waals surface area contributed by atoms with Crippen molar-refractivity contribution in [3.05, 3.63) is 148 Å². The van der Waals surface area contributed by atoms with Crippen molar-refractivity contribution < 1.29 is 0 Å². The van der Waals surface area contributed by atoms with Gasteiger partial charge in [-0.1, -0.05) is 103 Å². The highest BCUT2D eigenvalue weighted by atomic mass is 32.1. The Hall–Kier alpha value is -4.33. The number of benzene rings is 6. The van der Waals surface area contributed by atoms with Crippen LogP contribution in [-0.2, 0) is 0 Å². The average molecular weight is 688 g/mol. The molecule has 0 amide bonds. The third-order valence-corrected chi connectivity index (χ3v) is 15.5. The molecule has 0 saturated heterocycles. The maximum atomic E-state index is 2.56. The highest BCUT2D eigenvalue weighted by Crippen LogP contribution is 2.57. The molecule has 0 atom stereocenters. The number of hydrogen-bond donors (Lipinski definition) is 0. The molecule has 0 bridgehead atoms. The molecule has 0 saturated carbocycles. The molecule has 2 aromatic heterocycles. The van der Waals surface area contributed by atoms with Crippen molar-refractivity contribution >= 4 is 100.0 Å². The summed E-state index contributed by atoms with van der Waals surface area (Å²) in [5, 5.41) is 13.2. The molecule has 3 heteroatoms. The number of fused-ring (bicyclic) bond motifs is 4. The van der Waals surface area contributed by atoms with Gasteiger partial charge in [-0.15, -0.1) is 22.7 Å². The van der Waals surface area contributed by atoms with Crippen molar-refractivity contribution in [2.45, 2.75) is 27.7 Å². The SMILES string of the molecule is C/C=C\c1cc(C)c(/C=C(\C)c2c([P+](C)(C)c3c(-c4cccc5ccccc45)sc4cc5ccsc5cc34)ccc3ccccc23)cc1C. The van der Waals surface area contributed by atoms with E-state index in [1.807, 2.05) is 22.7 Å². The Morgan fingerprint density at radius 3 is 2.14 bits per heavy atom. The van der Waals surface area contributed by atoms with Gasteiger partial charge in [0.15, 0.2) is 0 Å². The predicted molar refractivity (Wildman–Crippen MR) is 226 cm³/mol. The third kappa shape index (κ3) is 5.48. The van der Waals surface area contributed by atoms with Crippen LogP contribution >= 0.6 is 29.9 Å². The van der Waals surface area contributed by atoms with E-state index in [0.717, 1.165) is 0 Å². The second-order valence-electron chi connectivity index (χ2n) is 13.6. The maximum Gasteiger partial charge on any atom is 0.125 e. The first kappa shape index (κ1) is 31.9. The average Bonchev–Trinajstić information content (AvgIpc) is 3.72. The summed E-state index contributed by atoms with van der Waals surface area (Å²) in [5.41, 5.74) is 9.22. The smallest absolute Gasteiger partial charge is 0.125 e. The van der Waals surface area contributed by atoms with Gasteiger partial charge in [0.2, 0.25) is 0 Å². The van der Waals surface area contributed by atoms with Gasteiger partial charge in [0.1, 0.15) is 10.6 Å². The van der Waals surface area contributed by atoms with Crippen LogP contribution in [0.2, 0.25) is 0 Å². The molecule has 0 N–H and O–H groups in total. The molecule has 0 spiro atoms. The van der Waals surface area contributed by atoms with Gasteiger partial charge < -0.3 is 0 Å². The van der Waals surface area contributed by atoms with E-state index < -0.39 is 7.26 Å². The first-order valence-corrected chi connectivity index (χ1v) is 21.3. The van der Waals surface area contributed by atoms with E-state index in [1.165, 1.54) is 96.2 Å². The first-order valence-electron chi connectivity index (χ1n) is 17.0. The summed E-state index contributed by atoms with van der Waals surface area (Å²) in [6.45, 7) is 14.0. The molecule has 6 aromatic carbocycles.